The molecule has 2 aliphatic rings. The lowest BCUT2D eigenvalue weighted by atomic mass is 9.93. The molecule has 0 spiro atoms. The van der Waals surface area contributed by atoms with Crippen LogP contribution < -0.4 is 20.1 Å². The zero-order valence-electron chi connectivity index (χ0n) is 12.8. The Labute approximate surface area is 125 Å². The third-order valence-electron chi connectivity index (χ3n) is 4.19. The van der Waals surface area contributed by atoms with E-state index in [0.717, 1.165) is 31.5 Å². The van der Waals surface area contributed by atoms with Crippen LogP contribution in [0.1, 0.15) is 40.0 Å². The predicted molar refractivity (Wildman–Crippen MR) is 80.7 cm³/mol. The normalized spacial score (nSPS) is 25.9. The molecule has 2 heterocycles. The summed E-state index contributed by atoms with van der Waals surface area (Å²) < 4.78 is 11.4. The van der Waals surface area contributed by atoms with Crippen LogP contribution in [-0.4, -0.2) is 23.8 Å². The molecule has 2 aliphatic heterocycles. The summed E-state index contributed by atoms with van der Waals surface area (Å²) in [5.74, 6) is 0.758. The molecule has 21 heavy (non-hydrogen) atoms. The summed E-state index contributed by atoms with van der Waals surface area (Å²) in [5.41, 5.74) is 0.303. The van der Waals surface area contributed by atoms with E-state index in [2.05, 4.69) is 10.6 Å². The summed E-state index contributed by atoms with van der Waals surface area (Å²) in [6, 6.07) is 5.50. The van der Waals surface area contributed by atoms with Gasteiger partial charge in [0.05, 0.1) is 5.54 Å². The molecule has 0 radical (unpaired) electrons. The second kappa shape index (κ2) is 4.91. The Balaban J connectivity index is 1.76. The first-order chi connectivity index (χ1) is 9.94. The minimum absolute atomic E-state index is 0.0284. The molecule has 114 valence electrons. The van der Waals surface area contributed by atoms with E-state index in [1.807, 2.05) is 39.0 Å². The van der Waals surface area contributed by atoms with E-state index < -0.39 is 11.3 Å². The molecule has 0 aliphatic carbocycles. The smallest absolute Gasteiger partial charge is 0.246 e. The van der Waals surface area contributed by atoms with Crippen molar-refractivity contribution in [1.82, 2.24) is 5.32 Å². The molecule has 5 heteroatoms. The molecule has 1 amide bonds. The highest BCUT2D eigenvalue weighted by Gasteiger charge is 2.39. The van der Waals surface area contributed by atoms with Crippen molar-refractivity contribution < 1.29 is 14.3 Å². The number of fused-ring (bicyclic) bond motifs is 1. The number of hydrogen-bond acceptors (Lipinski definition) is 4. The van der Waals surface area contributed by atoms with Gasteiger partial charge in [-0.3, -0.25) is 4.79 Å². The third-order valence-corrected chi connectivity index (χ3v) is 4.19. The molecular weight excluding hydrogens is 268 g/mol. The fourth-order valence-electron chi connectivity index (χ4n) is 3.01. The molecule has 1 fully saturated rings. The van der Waals surface area contributed by atoms with Gasteiger partial charge in [0.1, 0.15) is 0 Å². The summed E-state index contributed by atoms with van der Waals surface area (Å²) in [5, 5.41) is 6.33. The van der Waals surface area contributed by atoms with E-state index in [0.29, 0.717) is 11.5 Å². The Morgan fingerprint density at radius 2 is 2.10 bits per heavy atom. The van der Waals surface area contributed by atoms with Crippen LogP contribution in [-0.2, 0) is 4.79 Å². The van der Waals surface area contributed by atoms with Crippen molar-refractivity contribution in [2.24, 2.45) is 0 Å². The highest BCUT2D eigenvalue weighted by Crippen LogP contribution is 2.40. The number of carbonyl (C=O) groups is 1. The first kappa shape index (κ1) is 14.2. The van der Waals surface area contributed by atoms with Crippen molar-refractivity contribution in [2.75, 3.05) is 11.9 Å². The fourth-order valence-corrected chi connectivity index (χ4v) is 3.01. The van der Waals surface area contributed by atoms with Gasteiger partial charge in [-0.1, -0.05) is 6.92 Å². The lowest BCUT2D eigenvalue weighted by Crippen LogP contribution is -2.50. The number of amides is 1. The maximum absolute atomic E-state index is 12.5. The first-order valence-corrected chi connectivity index (χ1v) is 7.53. The van der Waals surface area contributed by atoms with Crippen molar-refractivity contribution >= 4 is 11.6 Å². The summed E-state index contributed by atoms with van der Waals surface area (Å²) in [4.78, 5) is 12.5. The van der Waals surface area contributed by atoms with E-state index in [4.69, 9.17) is 9.47 Å². The van der Waals surface area contributed by atoms with E-state index in [-0.39, 0.29) is 5.91 Å². The largest absolute Gasteiger partial charge is 0.449 e. The highest BCUT2D eigenvalue weighted by molar-refractivity contribution is 5.98. The second-order valence-electron chi connectivity index (χ2n) is 6.19. The van der Waals surface area contributed by atoms with Gasteiger partial charge in [-0.05, 0) is 37.9 Å². The molecular formula is C16H22N2O3. The van der Waals surface area contributed by atoms with Crippen molar-refractivity contribution in [3.05, 3.63) is 18.2 Å². The van der Waals surface area contributed by atoms with Crippen LogP contribution in [0.3, 0.4) is 0 Å². The molecule has 0 bridgehead atoms. The van der Waals surface area contributed by atoms with Gasteiger partial charge in [0.25, 0.3) is 0 Å². The Morgan fingerprint density at radius 3 is 2.76 bits per heavy atom. The van der Waals surface area contributed by atoms with Crippen LogP contribution in [0.2, 0.25) is 0 Å². The summed E-state index contributed by atoms with van der Waals surface area (Å²) in [6.45, 7) is 6.66. The minimum Gasteiger partial charge on any atom is -0.449 e. The van der Waals surface area contributed by atoms with Crippen molar-refractivity contribution in [2.45, 2.75) is 51.4 Å². The van der Waals surface area contributed by atoms with Crippen molar-refractivity contribution in [3.63, 3.8) is 0 Å². The standard InChI is InChI=1S/C16H22N2O3/c1-4-16(8-5-9-17-16)14(19)18-11-6-7-12-13(10-11)21-15(2,3)20-12/h6-7,10,17H,4-5,8-9H2,1-3H3,(H,18,19). The molecule has 1 aromatic rings. The minimum atomic E-state index is -0.650. The zero-order chi connectivity index (χ0) is 15.1. The topological polar surface area (TPSA) is 59.6 Å². The van der Waals surface area contributed by atoms with Gasteiger partial charge >= 0.3 is 0 Å². The summed E-state index contributed by atoms with van der Waals surface area (Å²) >= 11 is 0. The van der Waals surface area contributed by atoms with E-state index in [1.165, 1.54) is 0 Å². The van der Waals surface area contributed by atoms with Crippen LogP contribution in [0.5, 0.6) is 11.5 Å². The number of ether oxygens (including phenoxy) is 2. The van der Waals surface area contributed by atoms with Crippen LogP contribution >= 0.6 is 0 Å². The maximum Gasteiger partial charge on any atom is 0.246 e. The van der Waals surface area contributed by atoms with Gasteiger partial charge in [0.2, 0.25) is 11.7 Å². The summed E-state index contributed by atoms with van der Waals surface area (Å²) in [6.07, 6.45) is 2.71. The monoisotopic (exact) mass is 290 g/mol. The number of carbonyl (C=O) groups excluding carboxylic acids is 1. The molecule has 0 aromatic heterocycles. The Hall–Kier alpha value is -1.75. The predicted octanol–water partition coefficient (Wildman–Crippen LogP) is 2.66. The average Bonchev–Trinajstić information content (AvgIpc) is 3.01. The molecule has 1 saturated heterocycles. The Bertz CT molecular complexity index is 563. The van der Waals surface area contributed by atoms with Gasteiger partial charge in [-0.25, -0.2) is 0 Å². The number of benzene rings is 1. The van der Waals surface area contributed by atoms with Crippen LogP contribution in [0.15, 0.2) is 18.2 Å². The van der Waals surface area contributed by atoms with Crippen LogP contribution in [0, 0.1) is 0 Å². The highest BCUT2D eigenvalue weighted by atomic mass is 16.7. The van der Waals surface area contributed by atoms with Gasteiger partial charge in [-0.2, -0.15) is 0 Å². The number of nitrogens with one attached hydrogen (secondary N) is 2. The zero-order valence-corrected chi connectivity index (χ0v) is 12.8. The summed E-state index contributed by atoms with van der Waals surface area (Å²) in [7, 11) is 0. The number of anilines is 1. The lowest BCUT2D eigenvalue weighted by molar-refractivity contribution is -0.122. The molecule has 0 saturated carbocycles. The molecule has 1 unspecified atom stereocenters. The Kier molecular flexibility index (Phi) is 3.32. The quantitative estimate of drug-likeness (QED) is 0.898. The van der Waals surface area contributed by atoms with Crippen LogP contribution in [0.4, 0.5) is 5.69 Å². The SMILES string of the molecule is CCC1(C(=O)Nc2ccc3c(c2)OC(C)(C)O3)CCCN1. The maximum atomic E-state index is 12.5. The van der Waals surface area contributed by atoms with Crippen molar-refractivity contribution in [3.8, 4) is 11.5 Å². The molecule has 1 aromatic carbocycles. The van der Waals surface area contributed by atoms with Gasteiger partial charge < -0.3 is 20.1 Å². The van der Waals surface area contributed by atoms with Gasteiger partial charge in [0, 0.05) is 25.6 Å². The second-order valence-corrected chi connectivity index (χ2v) is 6.19. The fraction of sp³-hybridized carbons (Fsp3) is 0.562. The number of rotatable bonds is 3. The lowest BCUT2D eigenvalue weighted by Gasteiger charge is -2.26. The molecule has 5 nitrogen and oxygen atoms in total. The molecule has 1 atom stereocenters. The first-order valence-electron chi connectivity index (χ1n) is 7.53. The average molecular weight is 290 g/mol. The van der Waals surface area contributed by atoms with Crippen molar-refractivity contribution in [1.29, 1.82) is 0 Å². The molecule has 3 rings (SSSR count). The number of hydrogen-bond donors (Lipinski definition) is 2. The van der Waals surface area contributed by atoms with Gasteiger partial charge in [0.15, 0.2) is 11.5 Å². The third kappa shape index (κ3) is 2.58. The van der Waals surface area contributed by atoms with E-state index >= 15 is 0 Å². The molecule has 2 N–H and O–H groups in total. The van der Waals surface area contributed by atoms with E-state index in [1.54, 1.807) is 0 Å². The van der Waals surface area contributed by atoms with Gasteiger partial charge in [-0.15, -0.1) is 0 Å². The van der Waals surface area contributed by atoms with E-state index in [9.17, 15) is 4.79 Å². The Morgan fingerprint density at radius 1 is 1.33 bits per heavy atom. The van der Waals surface area contributed by atoms with Crippen LogP contribution in [0.25, 0.3) is 0 Å².